The van der Waals surface area contributed by atoms with E-state index in [9.17, 15) is 0 Å². The van der Waals surface area contributed by atoms with E-state index in [0.29, 0.717) is 0 Å². The molecule has 1 aliphatic rings. The van der Waals surface area contributed by atoms with Gasteiger partial charge >= 0.3 is 0 Å². The molecule has 0 spiro atoms. The molecule has 0 fully saturated rings. The van der Waals surface area contributed by atoms with Crippen LogP contribution in [0, 0.1) is 0 Å². The van der Waals surface area contributed by atoms with Crippen molar-refractivity contribution in [2.75, 3.05) is 0 Å². The van der Waals surface area contributed by atoms with Gasteiger partial charge in [0.2, 0.25) is 0 Å². The lowest BCUT2D eigenvalue weighted by molar-refractivity contribution is 0.209. The van der Waals surface area contributed by atoms with E-state index >= 15 is 0 Å². The highest BCUT2D eigenvalue weighted by atomic mass is 28.2. The van der Waals surface area contributed by atoms with Crippen LogP contribution >= 0.6 is 0 Å². The first-order valence-corrected chi connectivity index (χ1v) is 14.7. The molecular weight excluding hydrogens is 436 g/mol. The van der Waals surface area contributed by atoms with Gasteiger partial charge in [0.05, 0.1) is 0 Å². The van der Waals surface area contributed by atoms with Crippen molar-refractivity contribution >= 4 is 29.9 Å². The summed E-state index contributed by atoms with van der Waals surface area (Å²) in [5.41, 5.74) is 5.61. The van der Waals surface area contributed by atoms with Gasteiger partial charge in [0, 0.05) is 12.2 Å². The zero-order valence-electron chi connectivity index (χ0n) is 19.9. The molecular formula is C29H38O2Si2. The average Bonchev–Trinajstić information content (AvgIpc) is 3.19. The van der Waals surface area contributed by atoms with E-state index in [2.05, 4.69) is 62.7 Å². The molecule has 0 aliphatic heterocycles. The summed E-state index contributed by atoms with van der Waals surface area (Å²) in [4.78, 5) is 0. The van der Waals surface area contributed by atoms with Crippen LogP contribution in [0.3, 0.4) is 0 Å². The minimum Gasteiger partial charge on any atom is -0.415 e. The molecule has 2 atom stereocenters. The van der Waals surface area contributed by atoms with E-state index in [0.717, 1.165) is 44.9 Å². The summed E-state index contributed by atoms with van der Waals surface area (Å²) in [6.45, 7) is 15.4. The van der Waals surface area contributed by atoms with Crippen LogP contribution in [0.15, 0.2) is 87.0 Å². The molecule has 4 heteroatoms. The molecule has 174 valence electrons. The zero-order valence-corrected chi connectivity index (χ0v) is 22.8. The number of hydrogen-bond acceptors (Lipinski definition) is 2. The fraction of sp³-hybridized carbons (Fsp3) is 0.310. The standard InChI is InChI=1S/C29H38O2Si2/c1-5-9-13-24(11-7-3)30-32-26-15-17-28-22(20-26)19-23-21-27(16-18-29(23)28)33-31-25(12-8-4)14-10-6-2/h5-8,15-18,20-21,24-25H,1-4,9-14,19,32-33H2. The van der Waals surface area contributed by atoms with E-state index in [1.165, 1.54) is 32.6 Å². The molecule has 0 amide bonds. The van der Waals surface area contributed by atoms with Gasteiger partial charge in [-0.05, 0) is 77.6 Å². The molecule has 33 heavy (non-hydrogen) atoms. The van der Waals surface area contributed by atoms with Gasteiger partial charge < -0.3 is 8.85 Å². The van der Waals surface area contributed by atoms with Crippen molar-refractivity contribution in [1.29, 1.82) is 0 Å². The molecule has 2 unspecified atom stereocenters. The summed E-state index contributed by atoms with van der Waals surface area (Å²) < 4.78 is 12.6. The fourth-order valence-electron chi connectivity index (χ4n) is 4.44. The van der Waals surface area contributed by atoms with Crippen LogP contribution in [0.5, 0.6) is 0 Å². The van der Waals surface area contributed by atoms with E-state index < -0.39 is 19.5 Å². The maximum atomic E-state index is 6.32. The smallest absolute Gasteiger partial charge is 0.192 e. The van der Waals surface area contributed by atoms with Crippen molar-refractivity contribution in [3.8, 4) is 11.1 Å². The Hall–Kier alpha value is -2.25. The summed E-state index contributed by atoms with van der Waals surface area (Å²) in [5, 5.41) is 2.75. The van der Waals surface area contributed by atoms with E-state index in [1.807, 2.05) is 24.3 Å². The monoisotopic (exact) mass is 474 g/mol. The van der Waals surface area contributed by atoms with Crippen LogP contribution in [0.4, 0.5) is 0 Å². The van der Waals surface area contributed by atoms with Gasteiger partial charge in [-0.15, -0.1) is 26.3 Å². The Morgan fingerprint density at radius 1 is 0.697 bits per heavy atom. The molecule has 3 rings (SSSR count). The van der Waals surface area contributed by atoms with Crippen molar-refractivity contribution in [2.45, 2.75) is 57.2 Å². The third-order valence-corrected chi connectivity index (χ3v) is 9.05. The van der Waals surface area contributed by atoms with Crippen LogP contribution in [-0.4, -0.2) is 31.7 Å². The van der Waals surface area contributed by atoms with Gasteiger partial charge in [0.25, 0.3) is 0 Å². The van der Waals surface area contributed by atoms with Crippen LogP contribution in [0.1, 0.15) is 49.7 Å². The number of allylic oxidation sites excluding steroid dienone is 2. The van der Waals surface area contributed by atoms with Gasteiger partial charge in [-0.25, -0.2) is 0 Å². The lowest BCUT2D eigenvalue weighted by Gasteiger charge is -2.16. The summed E-state index contributed by atoms with van der Waals surface area (Å²) in [6.07, 6.45) is 15.2. The first-order chi connectivity index (χ1) is 16.2. The maximum absolute atomic E-state index is 6.32. The minimum absolute atomic E-state index is 0.265. The van der Waals surface area contributed by atoms with Crippen molar-refractivity contribution in [2.24, 2.45) is 0 Å². The van der Waals surface area contributed by atoms with Crippen LogP contribution in [0.2, 0.25) is 0 Å². The lowest BCUT2D eigenvalue weighted by Crippen LogP contribution is -2.24. The Balaban J connectivity index is 1.61. The van der Waals surface area contributed by atoms with E-state index in [1.54, 1.807) is 0 Å². The summed E-state index contributed by atoms with van der Waals surface area (Å²) in [5.74, 6) is 0. The summed E-state index contributed by atoms with van der Waals surface area (Å²) >= 11 is 0. The van der Waals surface area contributed by atoms with Crippen molar-refractivity contribution in [3.63, 3.8) is 0 Å². The highest BCUT2D eigenvalue weighted by molar-refractivity contribution is 6.47. The quantitative estimate of drug-likeness (QED) is 0.224. The second kappa shape index (κ2) is 13.5. The molecule has 0 radical (unpaired) electrons. The van der Waals surface area contributed by atoms with Gasteiger partial charge in [0.15, 0.2) is 19.5 Å². The molecule has 2 aromatic rings. The fourth-order valence-corrected chi connectivity index (χ4v) is 6.99. The average molecular weight is 475 g/mol. The molecule has 0 saturated carbocycles. The zero-order chi connectivity index (χ0) is 23.5. The molecule has 0 bridgehead atoms. The molecule has 2 aromatic carbocycles. The van der Waals surface area contributed by atoms with Gasteiger partial charge in [-0.2, -0.15) is 0 Å². The molecule has 0 saturated heterocycles. The third kappa shape index (κ3) is 7.37. The van der Waals surface area contributed by atoms with Gasteiger partial charge in [-0.1, -0.05) is 60.7 Å². The largest absolute Gasteiger partial charge is 0.415 e. The second-order valence-electron chi connectivity index (χ2n) is 8.81. The molecule has 2 nitrogen and oxygen atoms in total. The van der Waals surface area contributed by atoms with Crippen LogP contribution in [-0.2, 0) is 15.3 Å². The first-order valence-electron chi connectivity index (χ1n) is 12.1. The van der Waals surface area contributed by atoms with E-state index in [-0.39, 0.29) is 12.2 Å². The topological polar surface area (TPSA) is 18.5 Å². The van der Waals surface area contributed by atoms with E-state index in [4.69, 9.17) is 8.85 Å². The SMILES string of the molecule is C=CCCC(CC=C)O[SiH2]c1ccc2c(c1)Cc1cc([SiH2]OC(CC=C)CCC=C)ccc1-2. The van der Waals surface area contributed by atoms with Crippen molar-refractivity contribution in [3.05, 3.63) is 98.1 Å². The Labute approximate surface area is 205 Å². The Bertz CT molecular complexity index is 889. The van der Waals surface area contributed by atoms with Gasteiger partial charge in [0.1, 0.15) is 0 Å². The molecule has 1 aliphatic carbocycles. The summed E-state index contributed by atoms with van der Waals surface area (Å²) in [7, 11) is -1.52. The number of rotatable bonds is 16. The summed E-state index contributed by atoms with van der Waals surface area (Å²) in [6, 6.07) is 13.9. The normalized spacial score (nSPS) is 14.3. The first kappa shape index (κ1) is 25.4. The predicted molar refractivity (Wildman–Crippen MR) is 149 cm³/mol. The number of fused-ring (bicyclic) bond motifs is 3. The van der Waals surface area contributed by atoms with Crippen LogP contribution in [0.25, 0.3) is 11.1 Å². The second-order valence-corrected chi connectivity index (χ2v) is 11.7. The minimum atomic E-state index is -0.759. The van der Waals surface area contributed by atoms with Crippen molar-refractivity contribution in [1.82, 2.24) is 0 Å². The predicted octanol–water partition coefficient (Wildman–Crippen LogP) is 4.53. The third-order valence-electron chi connectivity index (χ3n) is 6.23. The molecule has 0 heterocycles. The van der Waals surface area contributed by atoms with Crippen molar-refractivity contribution < 1.29 is 8.85 Å². The maximum Gasteiger partial charge on any atom is 0.192 e. The highest BCUT2D eigenvalue weighted by Crippen LogP contribution is 2.35. The number of benzene rings is 2. The molecule has 0 N–H and O–H groups in total. The Kier molecular flexibility index (Phi) is 10.3. The lowest BCUT2D eigenvalue weighted by atomic mass is 10.1. The highest BCUT2D eigenvalue weighted by Gasteiger charge is 2.20. The molecule has 0 aromatic heterocycles. The Morgan fingerprint density at radius 3 is 1.55 bits per heavy atom. The Morgan fingerprint density at radius 2 is 1.15 bits per heavy atom. The van der Waals surface area contributed by atoms with Gasteiger partial charge in [-0.3, -0.25) is 0 Å². The number of hydrogen-bond donors (Lipinski definition) is 0. The van der Waals surface area contributed by atoms with Crippen LogP contribution < -0.4 is 10.4 Å².